The maximum absolute atomic E-state index is 14.7. The first-order chi connectivity index (χ1) is 23.2. The van der Waals surface area contributed by atoms with Gasteiger partial charge in [-0.15, -0.1) is 0 Å². The fraction of sp³-hybridized carbons (Fsp3) is 0.244. The van der Waals surface area contributed by atoms with Crippen LogP contribution in [0.1, 0.15) is 66.7 Å². The van der Waals surface area contributed by atoms with E-state index < -0.39 is 0 Å². The van der Waals surface area contributed by atoms with Crippen LogP contribution in [-0.4, -0.2) is 33.9 Å². The number of para-hydroxylation sites is 1. The largest absolute Gasteiger partial charge is 0.347 e. The van der Waals surface area contributed by atoms with Crippen LogP contribution in [0.2, 0.25) is 0 Å². The summed E-state index contributed by atoms with van der Waals surface area (Å²) in [6.07, 6.45) is 1.68. The van der Waals surface area contributed by atoms with E-state index in [0.717, 1.165) is 54.0 Å². The van der Waals surface area contributed by atoms with Crippen LogP contribution < -0.4 is 10.2 Å². The summed E-state index contributed by atoms with van der Waals surface area (Å²) in [6, 6.07) is 31.9. The molecule has 0 aliphatic carbocycles. The molecule has 5 aromatic rings. The highest BCUT2D eigenvalue weighted by Crippen LogP contribution is 2.36. The zero-order chi connectivity index (χ0) is 33.5. The Kier molecular flexibility index (Phi) is 8.20. The number of nitriles is 1. The van der Waals surface area contributed by atoms with Crippen molar-refractivity contribution in [3.63, 3.8) is 0 Å². The summed E-state index contributed by atoms with van der Waals surface area (Å²) in [5, 5.41) is 13.2. The molecule has 0 unspecified atom stereocenters. The Morgan fingerprint density at radius 2 is 1.60 bits per heavy atom. The predicted octanol–water partition coefficient (Wildman–Crippen LogP) is 7.39. The molecule has 1 aromatic heterocycles. The number of hydrogen-bond donors (Lipinski definition) is 1. The van der Waals surface area contributed by atoms with Gasteiger partial charge in [-0.2, -0.15) is 5.26 Å². The molecule has 7 rings (SSSR count). The molecule has 48 heavy (non-hydrogen) atoms. The number of carbonyl (C=O) groups excluding carboxylic acids is 2. The second-order valence-corrected chi connectivity index (χ2v) is 13.0. The molecular weight excluding hydrogens is 594 g/mol. The first kappa shape index (κ1) is 31.2. The SMILES string of the molecule is Cc1ccc(N(C(=O)c2cc(-c3cc4c(cc3C(=O)N3Cc5ccccc5C[C@H]3C)CNCC4)n(C)c2C)c2ccccc2)cc1C#N. The molecular formula is C41H39N5O2. The van der Waals surface area contributed by atoms with E-state index in [4.69, 9.17) is 0 Å². The van der Waals surface area contributed by atoms with Crippen molar-refractivity contribution in [2.75, 3.05) is 11.4 Å². The lowest BCUT2D eigenvalue weighted by molar-refractivity contribution is 0.0658. The summed E-state index contributed by atoms with van der Waals surface area (Å²) >= 11 is 0. The van der Waals surface area contributed by atoms with E-state index in [0.29, 0.717) is 34.6 Å². The second kappa shape index (κ2) is 12.6. The highest BCUT2D eigenvalue weighted by molar-refractivity contribution is 6.12. The molecule has 2 aliphatic rings. The van der Waals surface area contributed by atoms with Gasteiger partial charge in [-0.3, -0.25) is 14.5 Å². The summed E-state index contributed by atoms with van der Waals surface area (Å²) in [4.78, 5) is 32.9. The number of amides is 2. The first-order valence-corrected chi connectivity index (χ1v) is 16.6. The van der Waals surface area contributed by atoms with Crippen molar-refractivity contribution in [2.45, 2.75) is 52.7 Å². The van der Waals surface area contributed by atoms with E-state index in [1.807, 2.05) is 85.0 Å². The molecule has 1 N–H and O–H groups in total. The average Bonchev–Trinajstić information content (AvgIpc) is 3.41. The van der Waals surface area contributed by atoms with Crippen molar-refractivity contribution in [3.05, 3.63) is 141 Å². The van der Waals surface area contributed by atoms with Crippen molar-refractivity contribution in [1.82, 2.24) is 14.8 Å². The van der Waals surface area contributed by atoms with Crippen LogP contribution in [0.4, 0.5) is 11.4 Å². The molecule has 0 fully saturated rings. The normalized spacial score (nSPS) is 15.3. The van der Waals surface area contributed by atoms with E-state index in [9.17, 15) is 14.9 Å². The minimum absolute atomic E-state index is 0.00158. The number of nitrogens with zero attached hydrogens (tertiary/aromatic N) is 4. The molecule has 240 valence electrons. The van der Waals surface area contributed by atoms with E-state index >= 15 is 0 Å². The summed E-state index contributed by atoms with van der Waals surface area (Å²) in [5.74, 6) is -0.203. The number of aromatic nitrogens is 1. The standard InChI is InChI=1S/C41H39N5O2/c1-26-14-15-35(19-32(26)23-42)46(34-12-6-5-7-13-34)41(48)36-22-39(44(4)28(36)3)37-20-30-16-17-43-24-33(30)21-38(37)40(47)45-25-31-11-9-8-10-29(31)18-27(45)2/h5-15,19-22,27,43H,16-18,24-25H2,1-4H3/t27-/m1/s1. The number of nitrogens with one attached hydrogen (secondary N) is 1. The Morgan fingerprint density at radius 3 is 2.38 bits per heavy atom. The molecule has 7 heteroatoms. The maximum atomic E-state index is 14.7. The summed E-state index contributed by atoms with van der Waals surface area (Å²) in [6.45, 7) is 8.12. The van der Waals surface area contributed by atoms with Gasteiger partial charge in [-0.25, -0.2) is 0 Å². The van der Waals surface area contributed by atoms with Crippen molar-refractivity contribution >= 4 is 23.2 Å². The van der Waals surface area contributed by atoms with Gasteiger partial charge in [-0.1, -0.05) is 48.5 Å². The van der Waals surface area contributed by atoms with Crippen LogP contribution >= 0.6 is 0 Å². The minimum atomic E-state index is -0.204. The predicted molar refractivity (Wildman–Crippen MR) is 189 cm³/mol. The lowest BCUT2D eigenvalue weighted by atomic mass is 9.90. The van der Waals surface area contributed by atoms with Gasteiger partial charge in [0.05, 0.1) is 22.9 Å². The fourth-order valence-electron chi connectivity index (χ4n) is 7.15. The van der Waals surface area contributed by atoms with Crippen LogP contribution in [0.15, 0.2) is 91.0 Å². The van der Waals surface area contributed by atoms with Gasteiger partial charge in [-0.05, 0) is 110 Å². The Bertz CT molecular complexity index is 2110. The summed E-state index contributed by atoms with van der Waals surface area (Å²) in [7, 11) is 1.96. The topological polar surface area (TPSA) is 81.4 Å². The van der Waals surface area contributed by atoms with Crippen molar-refractivity contribution in [2.24, 2.45) is 7.05 Å². The Morgan fingerprint density at radius 1 is 0.854 bits per heavy atom. The Hall–Kier alpha value is -5.45. The number of anilines is 2. The van der Waals surface area contributed by atoms with Crippen molar-refractivity contribution < 1.29 is 9.59 Å². The van der Waals surface area contributed by atoms with Crippen LogP contribution in [0.3, 0.4) is 0 Å². The van der Waals surface area contributed by atoms with Gasteiger partial charge in [0.1, 0.15) is 0 Å². The smallest absolute Gasteiger partial charge is 0.264 e. The van der Waals surface area contributed by atoms with Gasteiger partial charge in [0, 0.05) is 54.4 Å². The third kappa shape index (κ3) is 5.48. The Balaban J connectivity index is 1.34. The van der Waals surface area contributed by atoms with E-state index in [2.05, 4.69) is 48.6 Å². The van der Waals surface area contributed by atoms with E-state index in [1.54, 1.807) is 11.0 Å². The average molecular weight is 634 g/mol. The lowest BCUT2D eigenvalue weighted by Gasteiger charge is -2.35. The number of aryl methyl sites for hydroxylation is 1. The molecule has 2 aliphatic heterocycles. The van der Waals surface area contributed by atoms with Crippen LogP contribution in [0, 0.1) is 25.2 Å². The van der Waals surface area contributed by atoms with Gasteiger partial charge >= 0.3 is 0 Å². The van der Waals surface area contributed by atoms with Gasteiger partial charge in [0.25, 0.3) is 11.8 Å². The van der Waals surface area contributed by atoms with Gasteiger partial charge < -0.3 is 14.8 Å². The molecule has 3 heterocycles. The number of hydrogen-bond acceptors (Lipinski definition) is 4. The van der Waals surface area contributed by atoms with E-state index in [-0.39, 0.29) is 17.9 Å². The number of fused-ring (bicyclic) bond motifs is 2. The lowest BCUT2D eigenvalue weighted by Crippen LogP contribution is -2.43. The number of carbonyl (C=O) groups is 2. The van der Waals surface area contributed by atoms with Crippen LogP contribution in [-0.2, 0) is 33.0 Å². The van der Waals surface area contributed by atoms with Gasteiger partial charge in [0.15, 0.2) is 0 Å². The summed E-state index contributed by atoms with van der Waals surface area (Å²) in [5.41, 5.74) is 11.2. The highest BCUT2D eigenvalue weighted by Gasteiger charge is 2.32. The van der Waals surface area contributed by atoms with Gasteiger partial charge in [0.2, 0.25) is 0 Å². The third-order valence-corrected chi connectivity index (χ3v) is 10.1. The highest BCUT2D eigenvalue weighted by atomic mass is 16.2. The monoisotopic (exact) mass is 633 g/mol. The number of rotatable bonds is 5. The maximum Gasteiger partial charge on any atom is 0.264 e. The van der Waals surface area contributed by atoms with Crippen LogP contribution in [0.25, 0.3) is 11.3 Å². The fourth-order valence-corrected chi connectivity index (χ4v) is 7.15. The molecule has 0 spiro atoms. The molecule has 2 amide bonds. The Labute approximate surface area is 282 Å². The van der Waals surface area contributed by atoms with E-state index in [1.165, 1.54) is 16.7 Å². The summed E-state index contributed by atoms with van der Waals surface area (Å²) < 4.78 is 2.03. The van der Waals surface area contributed by atoms with Crippen LogP contribution in [0.5, 0.6) is 0 Å². The number of benzene rings is 4. The molecule has 7 nitrogen and oxygen atoms in total. The molecule has 1 atom stereocenters. The van der Waals surface area contributed by atoms with Crippen molar-refractivity contribution in [1.29, 1.82) is 5.26 Å². The van der Waals surface area contributed by atoms with Crippen molar-refractivity contribution in [3.8, 4) is 17.3 Å². The quantitative estimate of drug-likeness (QED) is 0.219. The molecule has 0 saturated carbocycles. The second-order valence-electron chi connectivity index (χ2n) is 13.0. The molecule has 0 saturated heterocycles. The molecule has 0 bridgehead atoms. The zero-order valence-electron chi connectivity index (χ0n) is 27.9. The minimum Gasteiger partial charge on any atom is -0.347 e. The molecule has 4 aromatic carbocycles. The third-order valence-electron chi connectivity index (χ3n) is 10.1. The molecule has 0 radical (unpaired) electrons. The zero-order valence-corrected chi connectivity index (χ0v) is 27.9. The first-order valence-electron chi connectivity index (χ1n) is 16.6.